The van der Waals surface area contributed by atoms with Crippen LogP contribution in [0.1, 0.15) is 17.5 Å². The molecule has 1 aromatic rings. The molecule has 1 aliphatic heterocycles. The zero-order chi connectivity index (χ0) is 15.2. The second kappa shape index (κ2) is 7.43. The molecule has 1 fully saturated rings. The van der Waals surface area contributed by atoms with Crippen molar-refractivity contribution in [1.29, 1.82) is 0 Å². The summed E-state index contributed by atoms with van der Waals surface area (Å²) < 4.78 is 5.02. The molecule has 5 nitrogen and oxygen atoms in total. The van der Waals surface area contributed by atoms with Crippen LogP contribution in [0.2, 0.25) is 0 Å². The van der Waals surface area contributed by atoms with Crippen LogP contribution in [0, 0.1) is 12.8 Å². The molecule has 2 rings (SSSR count). The Balaban J connectivity index is 1.94. The number of primary amides is 1. The molecule has 1 aromatic carbocycles. The van der Waals surface area contributed by atoms with Crippen LogP contribution >= 0.6 is 0 Å². The fourth-order valence-corrected chi connectivity index (χ4v) is 2.70. The van der Waals surface area contributed by atoms with E-state index in [-0.39, 0.29) is 11.8 Å². The van der Waals surface area contributed by atoms with Crippen molar-refractivity contribution in [2.75, 3.05) is 38.3 Å². The number of nitrogens with two attached hydrogens (primary N) is 1. The third kappa shape index (κ3) is 4.19. The first-order valence-corrected chi connectivity index (χ1v) is 7.45. The molecule has 116 valence electrons. The molecule has 0 bridgehead atoms. The highest BCUT2D eigenvalue weighted by Crippen LogP contribution is 2.25. The molecule has 5 heteroatoms. The molecular weight excluding hydrogens is 266 g/mol. The van der Waals surface area contributed by atoms with Gasteiger partial charge in [-0.05, 0) is 36.6 Å². The largest absolute Gasteiger partial charge is 0.383 e. The van der Waals surface area contributed by atoms with E-state index in [9.17, 15) is 4.79 Å². The molecule has 0 aromatic heterocycles. The third-order valence-electron chi connectivity index (χ3n) is 4.08. The third-order valence-corrected chi connectivity index (χ3v) is 4.08. The number of nitrogens with one attached hydrogen (secondary N) is 1. The number of methoxy groups -OCH3 is 1. The number of carbonyl (C=O) groups excluding carboxylic acids is 1. The minimum atomic E-state index is -0.187. The SMILES string of the molecule is COCCNCc1ccc(N2CCC(C(N)=O)C2)cc1C. The van der Waals surface area contributed by atoms with Crippen molar-refractivity contribution >= 4 is 11.6 Å². The van der Waals surface area contributed by atoms with Crippen LogP contribution in [0.3, 0.4) is 0 Å². The van der Waals surface area contributed by atoms with E-state index in [0.29, 0.717) is 0 Å². The number of carbonyl (C=O) groups is 1. The van der Waals surface area contributed by atoms with E-state index < -0.39 is 0 Å². The van der Waals surface area contributed by atoms with Crippen LogP contribution in [0.4, 0.5) is 5.69 Å². The van der Waals surface area contributed by atoms with Gasteiger partial charge in [0, 0.05) is 39.0 Å². The highest BCUT2D eigenvalue weighted by molar-refractivity contribution is 5.78. The first-order chi connectivity index (χ1) is 10.1. The van der Waals surface area contributed by atoms with Gasteiger partial charge in [0.15, 0.2) is 0 Å². The maximum atomic E-state index is 11.2. The zero-order valence-electron chi connectivity index (χ0n) is 12.9. The van der Waals surface area contributed by atoms with Gasteiger partial charge in [0.1, 0.15) is 0 Å². The topological polar surface area (TPSA) is 67.6 Å². The van der Waals surface area contributed by atoms with Gasteiger partial charge < -0.3 is 20.7 Å². The smallest absolute Gasteiger partial charge is 0.222 e. The van der Waals surface area contributed by atoms with Crippen molar-refractivity contribution in [3.8, 4) is 0 Å². The van der Waals surface area contributed by atoms with Crippen molar-refractivity contribution < 1.29 is 9.53 Å². The molecule has 1 unspecified atom stereocenters. The van der Waals surface area contributed by atoms with Crippen LogP contribution < -0.4 is 16.0 Å². The van der Waals surface area contributed by atoms with E-state index in [1.165, 1.54) is 16.8 Å². The van der Waals surface area contributed by atoms with Crippen molar-refractivity contribution in [2.45, 2.75) is 19.9 Å². The van der Waals surface area contributed by atoms with Crippen molar-refractivity contribution in [1.82, 2.24) is 5.32 Å². The summed E-state index contributed by atoms with van der Waals surface area (Å²) in [5.74, 6) is -0.200. The average molecular weight is 291 g/mol. The quantitative estimate of drug-likeness (QED) is 0.737. The molecule has 1 atom stereocenters. The van der Waals surface area contributed by atoms with Gasteiger partial charge in [0.05, 0.1) is 12.5 Å². The van der Waals surface area contributed by atoms with E-state index >= 15 is 0 Å². The molecule has 0 radical (unpaired) electrons. The van der Waals surface area contributed by atoms with Gasteiger partial charge >= 0.3 is 0 Å². The van der Waals surface area contributed by atoms with Crippen LogP contribution in [-0.2, 0) is 16.1 Å². The summed E-state index contributed by atoms with van der Waals surface area (Å²) in [6.45, 7) is 6.18. The highest BCUT2D eigenvalue weighted by atomic mass is 16.5. The van der Waals surface area contributed by atoms with Gasteiger partial charge in [-0.3, -0.25) is 4.79 Å². The van der Waals surface area contributed by atoms with Gasteiger partial charge in [0.25, 0.3) is 0 Å². The van der Waals surface area contributed by atoms with Crippen LogP contribution in [0.25, 0.3) is 0 Å². The fourth-order valence-electron chi connectivity index (χ4n) is 2.70. The molecule has 0 aliphatic carbocycles. The Kier molecular flexibility index (Phi) is 5.59. The molecule has 1 saturated heterocycles. The predicted molar refractivity (Wildman–Crippen MR) is 84.3 cm³/mol. The van der Waals surface area contributed by atoms with Gasteiger partial charge in [-0.25, -0.2) is 0 Å². The number of benzene rings is 1. The fraction of sp³-hybridized carbons (Fsp3) is 0.562. The van der Waals surface area contributed by atoms with Gasteiger partial charge in [-0.15, -0.1) is 0 Å². The van der Waals surface area contributed by atoms with Crippen LogP contribution in [-0.4, -0.2) is 39.3 Å². The molecule has 1 amide bonds. The number of amides is 1. The number of hydrogen-bond acceptors (Lipinski definition) is 4. The number of anilines is 1. The monoisotopic (exact) mass is 291 g/mol. The second-order valence-electron chi connectivity index (χ2n) is 5.61. The van der Waals surface area contributed by atoms with E-state index in [1.807, 2.05) is 0 Å². The highest BCUT2D eigenvalue weighted by Gasteiger charge is 2.26. The summed E-state index contributed by atoms with van der Waals surface area (Å²) in [5.41, 5.74) is 9.12. The Bertz CT molecular complexity index is 490. The summed E-state index contributed by atoms with van der Waals surface area (Å²) in [6, 6.07) is 6.47. The maximum Gasteiger partial charge on any atom is 0.222 e. The lowest BCUT2D eigenvalue weighted by Gasteiger charge is -2.20. The predicted octanol–water partition coefficient (Wildman–Crippen LogP) is 1.04. The Hall–Kier alpha value is -1.59. The molecule has 0 spiro atoms. The normalized spacial score (nSPS) is 18.2. The van der Waals surface area contributed by atoms with Crippen molar-refractivity contribution in [3.63, 3.8) is 0 Å². The Morgan fingerprint density at radius 3 is 2.95 bits per heavy atom. The van der Waals surface area contributed by atoms with Crippen LogP contribution in [0.5, 0.6) is 0 Å². The number of rotatable bonds is 7. The molecule has 3 N–H and O–H groups in total. The summed E-state index contributed by atoms with van der Waals surface area (Å²) in [7, 11) is 1.71. The van der Waals surface area contributed by atoms with Gasteiger partial charge in [-0.2, -0.15) is 0 Å². The van der Waals surface area contributed by atoms with Crippen molar-refractivity contribution in [3.05, 3.63) is 29.3 Å². The number of nitrogens with zero attached hydrogens (tertiary/aromatic N) is 1. The Labute approximate surface area is 126 Å². The summed E-state index contributed by atoms with van der Waals surface area (Å²) in [4.78, 5) is 13.5. The first kappa shape index (κ1) is 15.8. The zero-order valence-corrected chi connectivity index (χ0v) is 12.9. The summed E-state index contributed by atoms with van der Waals surface area (Å²) >= 11 is 0. The molecular formula is C16H25N3O2. The minimum absolute atomic E-state index is 0.0132. The summed E-state index contributed by atoms with van der Waals surface area (Å²) in [5, 5.41) is 3.35. The molecule has 0 saturated carbocycles. The number of aryl methyl sites for hydroxylation is 1. The lowest BCUT2D eigenvalue weighted by molar-refractivity contribution is -0.121. The van der Waals surface area contributed by atoms with Gasteiger partial charge in [-0.1, -0.05) is 6.07 Å². The molecule has 1 aliphatic rings. The van der Waals surface area contributed by atoms with E-state index in [4.69, 9.17) is 10.5 Å². The number of ether oxygens (including phenoxy) is 1. The standard InChI is InChI=1S/C16H25N3O2/c1-12-9-15(19-7-5-14(11-19)16(17)20)4-3-13(12)10-18-6-8-21-2/h3-4,9,14,18H,5-8,10-11H2,1-2H3,(H2,17,20). The van der Waals surface area contributed by atoms with Crippen molar-refractivity contribution in [2.24, 2.45) is 11.7 Å². The first-order valence-electron chi connectivity index (χ1n) is 7.45. The second-order valence-corrected chi connectivity index (χ2v) is 5.61. The van der Waals surface area contributed by atoms with Gasteiger partial charge in [0.2, 0.25) is 5.91 Å². The van der Waals surface area contributed by atoms with E-state index in [2.05, 4.69) is 35.3 Å². The number of hydrogen-bond donors (Lipinski definition) is 2. The molecule has 21 heavy (non-hydrogen) atoms. The lowest BCUT2D eigenvalue weighted by atomic mass is 10.1. The Morgan fingerprint density at radius 2 is 2.33 bits per heavy atom. The van der Waals surface area contributed by atoms with E-state index in [0.717, 1.165) is 39.2 Å². The average Bonchev–Trinajstić information content (AvgIpc) is 2.95. The lowest BCUT2D eigenvalue weighted by Crippen LogP contribution is -2.27. The summed E-state index contributed by atoms with van der Waals surface area (Å²) in [6.07, 6.45) is 0.856. The maximum absolute atomic E-state index is 11.2. The Morgan fingerprint density at radius 1 is 1.52 bits per heavy atom. The van der Waals surface area contributed by atoms with E-state index in [1.54, 1.807) is 7.11 Å². The molecule has 1 heterocycles. The van der Waals surface area contributed by atoms with Crippen LogP contribution in [0.15, 0.2) is 18.2 Å². The minimum Gasteiger partial charge on any atom is -0.383 e.